The van der Waals surface area contributed by atoms with Gasteiger partial charge < -0.3 is 27.9 Å². The molecule has 0 saturated heterocycles. The van der Waals surface area contributed by atoms with Crippen LogP contribution in [-0.4, -0.2) is 70.7 Å². The molecular formula is C56H96NO7P. The van der Waals surface area contributed by atoms with Gasteiger partial charge in [-0.15, -0.1) is 0 Å². The third-order valence-electron chi connectivity index (χ3n) is 10.3. The molecule has 0 bridgehead atoms. The summed E-state index contributed by atoms with van der Waals surface area (Å²) < 4.78 is 34.7. The third-order valence-corrected chi connectivity index (χ3v) is 11.3. The molecule has 0 saturated carbocycles. The maximum Gasteiger partial charge on any atom is 0.306 e. The molecule has 0 N–H and O–H groups in total. The van der Waals surface area contributed by atoms with Crippen LogP contribution in [0.4, 0.5) is 0 Å². The van der Waals surface area contributed by atoms with Gasteiger partial charge in [0.1, 0.15) is 19.3 Å². The van der Waals surface area contributed by atoms with Crippen molar-refractivity contribution in [3.63, 3.8) is 0 Å². The van der Waals surface area contributed by atoms with Crippen LogP contribution >= 0.6 is 7.82 Å². The molecule has 0 radical (unpaired) electrons. The summed E-state index contributed by atoms with van der Waals surface area (Å²) in [5.74, 6) is -0.353. The van der Waals surface area contributed by atoms with E-state index in [0.717, 1.165) is 116 Å². The minimum Gasteiger partial charge on any atom is -0.756 e. The maximum absolute atomic E-state index is 12.7. The van der Waals surface area contributed by atoms with Crippen LogP contribution in [0.5, 0.6) is 0 Å². The molecule has 0 aliphatic rings. The fraction of sp³-hybridized carbons (Fsp3) is 0.661. The Kier molecular flexibility index (Phi) is 45.6. The normalized spacial score (nSPS) is 14.5. The molecule has 0 fully saturated rings. The van der Waals surface area contributed by atoms with Crippen molar-refractivity contribution in [2.75, 3.05) is 54.1 Å². The van der Waals surface area contributed by atoms with Gasteiger partial charge in [0.15, 0.2) is 0 Å². The molecule has 0 aromatic rings. The maximum atomic E-state index is 12.7. The number of esters is 1. The van der Waals surface area contributed by atoms with Gasteiger partial charge in [0.25, 0.3) is 7.82 Å². The molecular weight excluding hydrogens is 830 g/mol. The molecule has 372 valence electrons. The number of phosphoric ester groups is 1. The first kappa shape index (κ1) is 62.2. The minimum atomic E-state index is -4.55. The number of ether oxygens (including phenoxy) is 2. The van der Waals surface area contributed by atoms with E-state index in [1.807, 2.05) is 21.1 Å². The van der Waals surface area contributed by atoms with Gasteiger partial charge in [0, 0.05) is 13.0 Å². The quantitative estimate of drug-likeness (QED) is 0.0197. The van der Waals surface area contributed by atoms with Crippen LogP contribution in [-0.2, 0) is 27.9 Å². The van der Waals surface area contributed by atoms with Crippen molar-refractivity contribution in [3.05, 3.63) is 109 Å². The molecule has 0 amide bonds. The highest BCUT2D eigenvalue weighted by molar-refractivity contribution is 7.45. The lowest BCUT2D eigenvalue weighted by Gasteiger charge is -2.28. The Morgan fingerprint density at radius 2 is 0.846 bits per heavy atom. The van der Waals surface area contributed by atoms with Gasteiger partial charge in [-0.1, -0.05) is 187 Å². The van der Waals surface area contributed by atoms with E-state index >= 15 is 0 Å². The predicted octanol–water partition coefficient (Wildman–Crippen LogP) is 15.3. The summed E-state index contributed by atoms with van der Waals surface area (Å²) >= 11 is 0. The zero-order valence-corrected chi connectivity index (χ0v) is 43.0. The smallest absolute Gasteiger partial charge is 0.306 e. The van der Waals surface area contributed by atoms with Crippen molar-refractivity contribution in [3.8, 4) is 0 Å². The summed E-state index contributed by atoms with van der Waals surface area (Å²) in [6.45, 7) is 5.12. The number of hydrogen-bond acceptors (Lipinski definition) is 7. The molecule has 65 heavy (non-hydrogen) atoms. The van der Waals surface area contributed by atoms with Gasteiger partial charge >= 0.3 is 5.97 Å². The second kappa shape index (κ2) is 47.6. The SMILES string of the molecule is CC/C=C\C/C=C\C/C=C\C/C=C\C/C=C\C/C=C\CCCCCCCCCOCC(COP(=O)([O-])OCC[N+](C)(C)C)OC(=O)CCCCCCCCC/C=C\C/C=C\C/C=C\CC. The Bertz CT molecular complexity index is 1400. The number of rotatable bonds is 46. The lowest BCUT2D eigenvalue weighted by molar-refractivity contribution is -0.870. The van der Waals surface area contributed by atoms with Crippen molar-refractivity contribution in [2.45, 2.75) is 187 Å². The Morgan fingerprint density at radius 1 is 0.477 bits per heavy atom. The summed E-state index contributed by atoms with van der Waals surface area (Å²) in [6, 6.07) is 0. The summed E-state index contributed by atoms with van der Waals surface area (Å²) in [4.78, 5) is 25.2. The molecule has 0 aromatic heterocycles. The van der Waals surface area contributed by atoms with Crippen LogP contribution in [0.15, 0.2) is 109 Å². The van der Waals surface area contributed by atoms with Crippen LogP contribution in [0, 0.1) is 0 Å². The topological polar surface area (TPSA) is 94.1 Å². The second-order valence-corrected chi connectivity index (χ2v) is 19.2. The first-order valence-corrected chi connectivity index (χ1v) is 27.1. The lowest BCUT2D eigenvalue weighted by atomic mass is 10.1. The van der Waals surface area contributed by atoms with Gasteiger partial charge in [-0.05, 0) is 96.3 Å². The number of hydrogen-bond donors (Lipinski definition) is 0. The number of phosphoric acid groups is 1. The first-order chi connectivity index (χ1) is 31.6. The van der Waals surface area contributed by atoms with Crippen LogP contribution in [0.25, 0.3) is 0 Å². The fourth-order valence-electron chi connectivity index (χ4n) is 6.45. The highest BCUT2D eigenvalue weighted by Crippen LogP contribution is 2.38. The van der Waals surface area contributed by atoms with Crippen LogP contribution < -0.4 is 4.89 Å². The molecule has 0 spiro atoms. The van der Waals surface area contributed by atoms with Gasteiger partial charge in [-0.25, -0.2) is 0 Å². The summed E-state index contributed by atoms with van der Waals surface area (Å²) in [5.41, 5.74) is 0. The molecule has 0 rings (SSSR count). The number of unbranched alkanes of at least 4 members (excludes halogenated alkanes) is 14. The average Bonchev–Trinajstić information content (AvgIpc) is 3.27. The number of carbonyl (C=O) groups is 1. The van der Waals surface area contributed by atoms with Gasteiger partial charge in [0.05, 0.1) is 34.4 Å². The zero-order chi connectivity index (χ0) is 47.6. The van der Waals surface area contributed by atoms with E-state index in [2.05, 4.69) is 123 Å². The number of allylic oxidation sites excluding steroid dienone is 18. The highest BCUT2D eigenvalue weighted by atomic mass is 31.2. The van der Waals surface area contributed by atoms with Crippen molar-refractivity contribution < 1.29 is 37.3 Å². The molecule has 0 aliphatic heterocycles. The van der Waals surface area contributed by atoms with E-state index in [1.165, 1.54) is 44.9 Å². The van der Waals surface area contributed by atoms with Gasteiger partial charge in [-0.3, -0.25) is 9.36 Å². The largest absolute Gasteiger partial charge is 0.756 e. The molecule has 2 atom stereocenters. The summed E-state index contributed by atoms with van der Waals surface area (Å²) in [6.07, 6.45) is 66.8. The number of likely N-dealkylation sites (N-methyl/N-ethyl adjacent to an activating group) is 1. The van der Waals surface area contributed by atoms with E-state index in [1.54, 1.807) is 0 Å². The third kappa shape index (κ3) is 52.0. The summed E-state index contributed by atoms with van der Waals surface area (Å²) in [7, 11) is 1.32. The Balaban J connectivity index is 4.20. The van der Waals surface area contributed by atoms with Crippen LogP contribution in [0.3, 0.4) is 0 Å². The Morgan fingerprint density at radius 3 is 1.26 bits per heavy atom. The van der Waals surface area contributed by atoms with E-state index < -0.39 is 13.9 Å². The van der Waals surface area contributed by atoms with Crippen molar-refractivity contribution in [1.29, 1.82) is 0 Å². The molecule has 0 heterocycles. The van der Waals surface area contributed by atoms with Crippen molar-refractivity contribution in [2.24, 2.45) is 0 Å². The van der Waals surface area contributed by atoms with E-state index in [9.17, 15) is 14.3 Å². The zero-order valence-electron chi connectivity index (χ0n) is 42.1. The van der Waals surface area contributed by atoms with Gasteiger partial charge in [0.2, 0.25) is 0 Å². The molecule has 2 unspecified atom stereocenters. The van der Waals surface area contributed by atoms with Crippen molar-refractivity contribution >= 4 is 13.8 Å². The monoisotopic (exact) mass is 926 g/mol. The average molecular weight is 926 g/mol. The van der Waals surface area contributed by atoms with E-state index in [0.29, 0.717) is 24.1 Å². The van der Waals surface area contributed by atoms with Crippen LogP contribution in [0.2, 0.25) is 0 Å². The second-order valence-electron chi connectivity index (χ2n) is 17.8. The first-order valence-electron chi connectivity index (χ1n) is 25.6. The number of carbonyl (C=O) groups excluding carboxylic acids is 1. The highest BCUT2D eigenvalue weighted by Gasteiger charge is 2.20. The van der Waals surface area contributed by atoms with E-state index in [4.69, 9.17) is 18.5 Å². The van der Waals surface area contributed by atoms with E-state index in [-0.39, 0.29) is 25.8 Å². The number of nitrogens with zero attached hydrogens (tertiary/aromatic N) is 1. The Hall–Kier alpha value is -2.84. The fourth-order valence-corrected chi connectivity index (χ4v) is 7.17. The predicted molar refractivity (Wildman–Crippen MR) is 277 cm³/mol. The van der Waals surface area contributed by atoms with Gasteiger partial charge in [-0.2, -0.15) is 0 Å². The van der Waals surface area contributed by atoms with Crippen LogP contribution in [0.1, 0.15) is 181 Å². The molecule has 0 aliphatic carbocycles. The minimum absolute atomic E-state index is 0.0151. The van der Waals surface area contributed by atoms with Crippen molar-refractivity contribution in [1.82, 2.24) is 0 Å². The molecule has 9 heteroatoms. The molecule has 8 nitrogen and oxygen atoms in total. The Labute approximate surface area is 400 Å². The lowest BCUT2D eigenvalue weighted by Crippen LogP contribution is -2.37. The summed E-state index contributed by atoms with van der Waals surface area (Å²) in [5, 5.41) is 0. The number of quaternary nitrogens is 1. The molecule has 0 aromatic carbocycles. The standard InChI is InChI=1S/C56H96NO7P/c1-6-8-10-12-14-16-18-20-22-24-25-26-27-28-29-30-31-32-34-36-38-40-42-44-46-48-51-61-53-55(54-63-65(59,60)62-52-50-57(3,4)5)64-56(58)49-47-45-43-41-39-37-35-33-23-21-19-17-15-13-11-9-7-2/h8-11,14-17,20-23,25-26,28-29,31-32,55H,6-7,12-13,18-19,24,27,30,33-54H2,1-5H3/b10-8-,11-9-,16-14-,17-15-,22-20-,23-21-,26-25-,29-28-,32-31-.